The number of aromatic nitrogens is 2. The highest BCUT2D eigenvalue weighted by atomic mass is 16.2. The molecule has 0 saturated carbocycles. The quantitative estimate of drug-likeness (QED) is 0.640. The molecule has 2 aliphatic heterocycles. The van der Waals surface area contributed by atoms with Crippen LogP contribution in [0.4, 0.5) is 17.2 Å². The Morgan fingerprint density at radius 1 is 1.10 bits per heavy atom. The van der Waals surface area contributed by atoms with E-state index in [9.17, 15) is 5.11 Å². The number of nitrogens with one attached hydrogen (secondary N) is 2. The second-order valence-electron chi connectivity index (χ2n) is 6.93. The van der Waals surface area contributed by atoms with Crippen LogP contribution >= 0.6 is 0 Å². The van der Waals surface area contributed by atoms with Crippen molar-refractivity contribution in [3.05, 3.63) is 77.7 Å². The predicted molar refractivity (Wildman–Crippen MR) is 115 cm³/mol. The number of pyridine rings is 2. The number of hydrogen-bond donors (Lipinski definition) is 3. The van der Waals surface area contributed by atoms with Crippen molar-refractivity contribution in [2.75, 3.05) is 23.9 Å². The van der Waals surface area contributed by atoms with Gasteiger partial charge in [0.1, 0.15) is 12.2 Å². The van der Waals surface area contributed by atoms with Crippen molar-refractivity contribution in [2.24, 2.45) is 4.99 Å². The summed E-state index contributed by atoms with van der Waals surface area (Å²) in [7, 11) is 0. The molecule has 144 valence electrons. The van der Waals surface area contributed by atoms with Gasteiger partial charge in [-0.15, -0.1) is 0 Å². The van der Waals surface area contributed by atoms with E-state index >= 15 is 0 Å². The molecule has 0 fully saturated rings. The average Bonchev–Trinajstić information content (AvgIpc) is 2.89. The minimum atomic E-state index is 0.135. The molecule has 5 rings (SSSR count). The Morgan fingerprint density at radius 2 is 2.07 bits per heavy atom. The Bertz CT molecular complexity index is 1120. The number of benzene rings is 1. The van der Waals surface area contributed by atoms with E-state index in [0.29, 0.717) is 13.0 Å². The first kappa shape index (κ1) is 17.4. The lowest BCUT2D eigenvalue weighted by molar-refractivity contribution is 0.299. The van der Waals surface area contributed by atoms with E-state index in [-0.39, 0.29) is 6.61 Å². The molecule has 0 aliphatic carbocycles. The number of aliphatic hydroxyl groups is 1. The van der Waals surface area contributed by atoms with Crippen LogP contribution in [0.5, 0.6) is 0 Å². The molecule has 0 atom stereocenters. The number of aliphatic imine (C=N–C) groups is 1. The second kappa shape index (κ2) is 7.37. The van der Waals surface area contributed by atoms with E-state index in [4.69, 9.17) is 4.99 Å². The van der Waals surface area contributed by atoms with Gasteiger partial charge in [-0.1, -0.05) is 12.1 Å². The predicted octanol–water partition coefficient (Wildman–Crippen LogP) is 3.31. The summed E-state index contributed by atoms with van der Waals surface area (Å²) in [6.45, 7) is 0.770. The Hall–Kier alpha value is -3.71. The SMILES string of the molecule is OCCc1cccc(NN2C=NC3=C(C2)c2ccncc2Nc2ncccc23)c1. The first-order valence-corrected chi connectivity index (χ1v) is 9.49. The summed E-state index contributed by atoms with van der Waals surface area (Å²) in [4.78, 5) is 13.5. The number of hydrazine groups is 1. The zero-order chi connectivity index (χ0) is 19.6. The van der Waals surface area contributed by atoms with Gasteiger partial charge >= 0.3 is 0 Å². The highest BCUT2D eigenvalue weighted by Crippen LogP contribution is 2.40. The molecular weight excluding hydrogens is 364 g/mol. The minimum absolute atomic E-state index is 0.135. The van der Waals surface area contributed by atoms with E-state index in [1.807, 2.05) is 53.7 Å². The smallest absolute Gasteiger partial charge is 0.139 e. The molecule has 0 spiro atoms. The molecule has 4 heterocycles. The van der Waals surface area contributed by atoms with Crippen LogP contribution < -0.4 is 10.7 Å². The largest absolute Gasteiger partial charge is 0.396 e. The number of aliphatic hydroxyl groups excluding tert-OH is 1. The summed E-state index contributed by atoms with van der Waals surface area (Å²) >= 11 is 0. The van der Waals surface area contributed by atoms with Crippen molar-refractivity contribution < 1.29 is 5.11 Å². The number of rotatable bonds is 4. The Labute approximate surface area is 168 Å². The Balaban J connectivity index is 1.50. The van der Waals surface area contributed by atoms with Gasteiger partial charge in [-0.3, -0.25) is 15.4 Å². The molecule has 0 bridgehead atoms. The van der Waals surface area contributed by atoms with Gasteiger partial charge in [0, 0.05) is 35.7 Å². The zero-order valence-corrected chi connectivity index (χ0v) is 15.7. The van der Waals surface area contributed by atoms with Gasteiger partial charge < -0.3 is 10.4 Å². The Kier molecular flexibility index (Phi) is 4.42. The van der Waals surface area contributed by atoms with Crippen LogP contribution in [0, 0.1) is 0 Å². The Morgan fingerprint density at radius 3 is 3.00 bits per heavy atom. The van der Waals surface area contributed by atoms with Gasteiger partial charge in [-0.2, -0.15) is 0 Å². The van der Waals surface area contributed by atoms with Crippen LogP contribution in [-0.4, -0.2) is 39.6 Å². The third-order valence-electron chi connectivity index (χ3n) is 5.00. The maximum absolute atomic E-state index is 9.19. The fourth-order valence-corrected chi connectivity index (χ4v) is 3.68. The van der Waals surface area contributed by atoms with E-state index in [0.717, 1.165) is 45.2 Å². The molecule has 0 saturated heterocycles. The van der Waals surface area contributed by atoms with Crippen molar-refractivity contribution in [3.63, 3.8) is 0 Å². The van der Waals surface area contributed by atoms with Crippen molar-refractivity contribution in [1.29, 1.82) is 0 Å². The minimum Gasteiger partial charge on any atom is -0.396 e. The normalized spacial score (nSPS) is 14.4. The van der Waals surface area contributed by atoms with Gasteiger partial charge in [0.2, 0.25) is 0 Å². The molecule has 2 aliphatic rings. The molecule has 3 aromatic rings. The molecule has 0 amide bonds. The van der Waals surface area contributed by atoms with Crippen LogP contribution in [0.3, 0.4) is 0 Å². The molecule has 7 nitrogen and oxygen atoms in total. The van der Waals surface area contributed by atoms with Gasteiger partial charge in [0.25, 0.3) is 0 Å². The fraction of sp³-hybridized carbons (Fsp3) is 0.136. The van der Waals surface area contributed by atoms with Crippen LogP contribution in [0.25, 0.3) is 11.3 Å². The number of anilines is 3. The second-order valence-corrected chi connectivity index (χ2v) is 6.93. The zero-order valence-electron chi connectivity index (χ0n) is 15.7. The molecule has 2 aromatic heterocycles. The van der Waals surface area contributed by atoms with E-state index < -0.39 is 0 Å². The highest BCUT2D eigenvalue weighted by Gasteiger charge is 2.25. The number of hydrogen-bond acceptors (Lipinski definition) is 7. The van der Waals surface area contributed by atoms with Crippen LogP contribution in [0.1, 0.15) is 16.7 Å². The van der Waals surface area contributed by atoms with Crippen molar-refractivity contribution in [3.8, 4) is 0 Å². The highest BCUT2D eigenvalue weighted by molar-refractivity contribution is 6.03. The topological polar surface area (TPSA) is 85.7 Å². The molecule has 7 heteroatoms. The van der Waals surface area contributed by atoms with Crippen molar-refractivity contribution in [1.82, 2.24) is 15.0 Å². The van der Waals surface area contributed by atoms with Crippen molar-refractivity contribution >= 4 is 34.8 Å². The third-order valence-corrected chi connectivity index (χ3v) is 5.00. The fourth-order valence-electron chi connectivity index (χ4n) is 3.68. The summed E-state index contributed by atoms with van der Waals surface area (Å²) in [5.74, 6) is 0.780. The van der Waals surface area contributed by atoms with Gasteiger partial charge in [-0.25, -0.2) is 9.98 Å². The van der Waals surface area contributed by atoms with E-state index in [1.54, 1.807) is 18.7 Å². The maximum atomic E-state index is 9.19. The summed E-state index contributed by atoms with van der Waals surface area (Å²) in [5.41, 5.74) is 10.4. The summed E-state index contributed by atoms with van der Waals surface area (Å²) in [6.07, 6.45) is 7.82. The van der Waals surface area contributed by atoms with E-state index in [1.165, 1.54) is 0 Å². The maximum Gasteiger partial charge on any atom is 0.139 e. The first-order chi connectivity index (χ1) is 14.3. The molecular formula is C22H20N6O. The lowest BCUT2D eigenvalue weighted by atomic mass is 10.0. The van der Waals surface area contributed by atoms with Gasteiger partial charge in [0.05, 0.1) is 29.8 Å². The average molecular weight is 384 g/mol. The van der Waals surface area contributed by atoms with Crippen LogP contribution in [0.15, 0.2) is 66.0 Å². The standard InChI is InChI=1S/C22H20N6O/c29-10-7-15-3-1-4-16(11-15)27-28-13-19-17-6-9-23-12-20(17)26-22-18(5-2-8-24-22)21(19)25-14-28/h1-6,8-9,11-12,14,27,29H,7,10,13H2,(H,24,26). The van der Waals surface area contributed by atoms with E-state index in [2.05, 4.69) is 20.7 Å². The lowest BCUT2D eigenvalue weighted by Crippen LogP contribution is -2.32. The first-order valence-electron chi connectivity index (χ1n) is 9.49. The monoisotopic (exact) mass is 384 g/mol. The third kappa shape index (κ3) is 3.32. The molecule has 1 aromatic carbocycles. The van der Waals surface area contributed by atoms with Crippen LogP contribution in [0.2, 0.25) is 0 Å². The van der Waals surface area contributed by atoms with Gasteiger partial charge in [-0.05, 0) is 42.3 Å². The molecule has 0 radical (unpaired) electrons. The summed E-state index contributed by atoms with van der Waals surface area (Å²) in [5, 5.41) is 14.5. The summed E-state index contributed by atoms with van der Waals surface area (Å²) in [6, 6.07) is 14.0. The summed E-state index contributed by atoms with van der Waals surface area (Å²) < 4.78 is 0. The van der Waals surface area contributed by atoms with Gasteiger partial charge in [0.15, 0.2) is 0 Å². The lowest BCUT2D eigenvalue weighted by Gasteiger charge is -2.28. The number of fused-ring (bicyclic) bond motifs is 4. The molecule has 3 N–H and O–H groups in total. The number of nitrogens with zero attached hydrogens (tertiary/aromatic N) is 4. The molecule has 0 unspecified atom stereocenters. The molecule has 29 heavy (non-hydrogen) atoms. The van der Waals surface area contributed by atoms with Crippen molar-refractivity contribution in [2.45, 2.75) is 6.42 Å². The van der Waals surface area contributed by atoms with Crippen LogP contribution in [-0.2, 0) is 6.42 Å².